The molecule has 0 bridgehead atoms. The van der Waals surface area contributed by atoms with E-state index in [1.165, 1.54) is 0 Å². The topological polar surface area (TPSA) is 27.7 Å². The highest BCUT2D eigenvalue weighted by atomic mass is 28.4. The summed E-state index contributed by atoms with van der Waals surface area (Å²) in [6.45, 7) is 0. The predicted octanol–water partition coefficient (Wildman–Crippen LogP) is 6.11. The molecule has 0 aliphatic carbocycles. The van der Waals surface area contributed by atoms with E-state index < -0.39 is 27.4 Å². The Morgan fingerprint density at radius 2 is 0.893 bits per heavy atom. The van der Waals surface area contributed by atoms with Crippen molar-refractivity contribution in [2.45, 2.75) is 18.6 Å². The third-order valence-corrected chi connectivity index (χ3v) is 6.27. The summed E-state index contributed by atoms with van der Waals surface area (Å²) in [6, 6.07) is 25.4. The first kappa shape index (κ1) is 19.8. The van der Waals surface area contributed by atoms with Gasteiger partial charge in [0.2, 0.25) is 0 Å². The summed E-state index contributed by atoms with van der Waals surface area (Å²) in [7, 11) is -3.85. The van der Waals surface area contributed by atoms with Gasteiger partial charge in [0.05, 0.1) is 12.5 Å². The zero-order chi connectivity index (χ0) is 19.9. The first-order chi connectivity index (χ1) is 13.4. The highest BCUT2D eigenvalue weighted by Crippen LogP contribution is 2.31. The first-order valence-corrected chi connectivity index (χ1v) is 10.7. The molecule has 0 spiro atoms. The van der Waals surface area contributed by atoms with Gasteiger partial charge in [0.25, 0.3) is 0 Å². The molecule has 0 saturated carbocycles. The molecular formula is C21H19F3O3Si. The quantitative estimate of drug-likeness (QED) is 0.424. The molecule has 3 rings (SSSR count). The Morgan fingerprint density at radius 3 is 1.18 bits per heavy atom. The molecule has 0 fully saturated rings. The lowest BCUT2D eigenvalue weighted by Crippen LogP contribution is -2.55. The van der Waals surface area contributed by atoms with E-state index in [9.17, 15) is 13.2 Å². The zero-order valence-electron chi connectivity index (χ0n) is 14.9. The molecule has 0 aliphatic rings. The van der Waals surface area contributed by atoms with E-state index in [0.717, 1.165) is 0 Å². The normalized spacial score (nSPS) is 11.7. The number of rotatable bonds is 8. The van der Waals surface area contributed by atoms with Crippen molar-refractivity contribution in [1.29, 1.82) is 0 Å². The van der Waals surface area contributed by atoms with E-state index in [1.807, 2.05) is 0 Å². The molecule has 0 radical (unpaired) electrons. The zero-order valence-corrected chi connectivity index (χ0v) is 15.9. The summed E-state index contributed by atoms with van der Waals surface area (Å²) >= 11 is 0. The van der Waals surface area contributed by atoms with E-state index in [4.69, 9.17) is 13.3 Å². The molecule has 0 saturated heterocycles. The van der Waals surface area contributed by atoms with Crippen molar-refractivity contribution >= 4 is 8.80 Å². The van der Waals surface area contributed by atoms with Crippen LogP contribution in [0.5, 0.6) is 17.2 Å². The monoisotopic (exact) mass is 404 g/mol. The van der Waals surface area contributed by atoms with Crippen molar-refractivity contribution in [3.63, 3.8) is 0 Å². The van der Waals surface area contributed by atoms with Crippen LogP contribution in [0.1, 0.15) is 6.42 Å². The molecule has 0 atom stereocenters. The molecule has 3 aromatic rings. The van der Waals surface area contributed by atoms with Gasteiger partial charge in [-0.25, -0.2) is 0 Å². The molecule has 0 aromatic heterocycles. The van der Waals surface area contributed by atoms with Gasteiger partial charge in [0.1, 0.15) is 17.2 Å². The molecular weight excluding hydrogens is 385 g/mol. The van der Waals surface area contributed by atoms with Gasteiger partial charge in [-0.15, -0.1) is 0 Å². The largest absolute Gasteiger partial charge is 0.699 e. The summed E-state index contributed by atoms with van der Waals surface area (Å²) in [6.07, 6.45) is -5.44. The number of hydrogen-bond donors (Lipinski definition) is 0. The number of alkyl halides is 3. The van der Waals surface area contributed by atoms with Crippen LogP contribution in [0.15, 0.2) is 91.0 Å². The molecule has 0 aliphatic heterocycles. The maximum Gasteiger partial charge on any atom is 0.699 e. The smallest absolute Gasteiger partial charge is 0.483 e. The van der Waals surface area contributed by atoms with Crippen molar-refractivity contribution in [2.75, 3.05) is 0 Å². The summed E-state index contributed by atoms with van der Waals surface area (Å²) in [4.78, 5) is 0. The second-order valence-corrected chi connectivity index (χ2v) is 8.52. The molecule has 0 N–H and O–H groups in total. The average Bonchev–Trinajstić information content (AvgIpc) is 2.68. The summed E-state index contributed by atoms with van der Waals surface area (Å²) in [5.41, 5.74) is 0. The highest BCUT2D eigenvalue weighted by Gasteiger charge is 2.51. The molecule has 0 amide bonds. The van der Waals surface area contributed by atoms with Gasteiger partial charge in [-0.2, -0.15) is 13.2 Å². The van der Waals surface area contributed by atoms with Crippen LogP contribution in [0.3, 0.4) is 0 Å². The van der Waals surface area contributed by atoms with Crippen molar-refractivity contribution in [3.8, 4) is 17.2 Å². The highest BCUT2D eigenvalue weighted by molar-refractivity contribution is 6.63. The Bertz CT molecular complexity index is 742. The molecule has 146 valence electrons. The Labute approximate surface area is 162 Å². The predicted molar refractivity (Wildman–Crippen MR) is 102 cm³/mol. The molecule has 7 heteroatoms. The summed E-state index contributed by atoms with van der Waals surface area (Å²) in [5, 5.41) is 0. The third kappa shape index (κ3) is 6.06. The van der Waals surface area contributed by atoms with E-state index >= 15 is 0 Å². The van der Waals surface area contributed by atoms with Gasteiger partial charge in [-0.3, -0.25) is 0 Å². The van der Waals surface area contributed by atoms with Gasteiger partial charge in [-0.1, -0.05) is 54.6 Å². The Morgan fingerprint density at radius 1 is 0.571 bits per heavy atom. The molecule has 3 nitrogen and oxygen atoms in total. The van der Waals surface area contributed by atoms with Crippen LogP contribution in [0.25, 0.3) is 0 Å². The second kappa shape index (κ2) is 8.84. The maximum absolute atomic E-state index is 13.1. The van der Waals surface area contributed by atoms with Crippen molar-refractivity contribution in [2.24, 2.45) is 0 Å². The van der Waals surface area contributed by atoms with Crippen LogP contribution in [0.2, 0.25) is 6.04 Å². The van der Waals surface area contributed by atoms with Gasteiger partial charge in [0, 0.05) is 0 Å². The van der Waals surface area contributed by atoms with Gasteiger partial charge < -0.3 is 13.3 Å². The number of benzene rings is 3. The third-order valence-electron chi connectivity index (χ3n) is 3.76. The summed E-state index contributed by atoms with van der Waals surface area (Å²) in [5.74, 6) is 1.18. The Balaban J connectivity index is 1.97. The van der Waals surface area contributed by atoms with E-state index in [2.05, 4.69) is 0 Å². The van der Waals surface area contributed by atoms with Crippen LogP contribution >= 0.6 is 0 Å². The van der Waals surface area contributed by atoms with E-state index in [1.54, 1.807) is 91.0 Å². The number of hydrogen-bond acceptors (Lipinski definition) is 3. The molecule has 0 heterocycles. The molecule has 0 unspecified atom stereocenters. The van der Waals surface area contributed by atoms with Crippen LogP contribution in [-0.4, -0.2) is 15.0 Å². The lowest BCUT2D eigenvalue weighted by molar-refractivity contribution is -0.132. The maximum atomic E-state index is 13.1. The minimum atomic E-state index is -4.36. The lowest BCUT2D eigenvalue weighted by atomic mass is 10.3. The average molecular weight is 404 g/mol. The minimum absolute atomic E-state index is 0.392. The first-order valence-electron chi connectivity index (χ1n) is 8.73. The number of para-hydroxylation sites is 3. The van der Waals surface area contributed by atoms with Crippen LogP contribution < -0.4 is 13.3 Å². The van der Waals surface area contributed by atoms with Crippen LogP contribution in [-0.2, 0) is 0 Å². The standard InChI is InChI=1S/C21H19F3O3Si/c22-21(23,24)16-17-28(25-18-10-4-1-5-11-18,26-19-12-6-2-7-13-19)27-20-14-8-3-9-15-20/h1-15H,16-17H2. The second-order valence-electron chi connectivity index (χ2n) is 6.04. The minimum Gasteiger partial charge on any atom is -0.483 e. The molecule has 28 heavy (non-hydrogen) atoms. The SMILES string of the molecule is FC(F)(F)CC[Si](Oc1ccccc1)(Oc1ccccc1)Oc1ccccc1. The van der Waals surface area contributed by atoms with E-state index in [0.29, 0.717) is 17.2 Å². The van der Waals surface area contributed by atoms with E-state index in [-0.39, 0.29) is 0 Å². The van der Waals surface area contributed by atoms with Crippen LogP contribution in [0.4, 0.5) is 13.2 Å². The van der Waals surface area contributed by atoms with Crippen LogP contribution in [0, 0.1) is 0 Å². The fourth-order valence-electron chi connectivity index (χ4n) is 2.51. The fraction of sp³-hybridized carbons (Fsp3) is 0.143. The Hall–Kier alpha value is -2.93. The number of halogens is 3. The van der Waals surface area contributed by atoms with Gasteiger partial charge in [-0.05, 0) is 36.4 Å². The fourth-order valence-corrected chi connectivity index (χ4v) is 5.02. The van der Waals surface area contributed by atoms with Crippen molar-refractivity contribution in [1.82, 2.24) is 0 Å². The van der Waals surface area contributed by atoms with Crippen molar-refractivity contribution in [3.05, 3.63) is 91.0 Å². The summed E-state index contributed by atoms with van der Waals surface area (Å²) < 4.78 is 57.2. The lowest BCUT2D eigenvalue weighted by Gasteiger charge is -2.30. The molecule has 3 aromatic carbocycles. The van der Waals surface area contributed by atoms with Gasteiger partial charge in [0.15, 0.2) is 0 Å². The van der Waals surface area contributed by atoms with Gasteiger partial charge >= 0.3 is 15.0 Å². The Kier molecular flexibility index (Phi) is 6.25. The van der Waals surface area contributed by atoms with Crippen molar-refractivity contribution < 1.29 is 26.4 Å².